The number of oxazole rings is 1. The monoisotopic (exact) mass is 431 g/mol. The number of fused-ring (bicyclic) bond motifs is 2. The van der Waals surface area contributed by atoms with Crippen molar-refractivity contribution in [2.24, 2.45) is 5.73 Å². The first-order chi connectivity index (χ1) is 15.5. The molecule has 7 nitrogen and oxygen atoms in total. The molecule has 0 radical (unpaired) electrons. The van der Waals surface area contributed by atoms with Crippen LogP contribution in [0, 0.1) is 13.8 Å². The van der Waals surface area contributed by atoms with Crippen LogP contribution in [0.5, 0.6) is 5.75 Å². The average Bonchev–Trinajstić information content (AvgIpc) is 3.34. The molecular weight excluding hydrogens is 402 g/mol. The summed E-state index contributed by atoms with van der Waals surface area (Å²) in [5, 5.41) is 10.7. The Morgan fingerprint density at radius 1 is 1.00 bits per heavy atom. The molecule has 3 aromatic heterocycles. The lowest BCUT2D eigenvalue weighted by molar-refractivity contribution is 0.473. The van der Waals surface area contributed by atoms with Crippen molar-refractivity contribution in [2.45, 2.75) is 52.0 Å². The largest absolute Gasteiger partial charge is 0.507 e. The third-order valence-electron chi connectivity index (χ3n) is 6.35. The number of rotatable bonds is 2. The zero-order valence-electron chi connectivity index (χ0n) is 18.6. The van der Waals surface area contributed by atoms with Crippen molar-refractivity contribution in [2.75, 3.05) is 18.0 Å². The molecule has 1 atom stereocenters. The van der Waals surface area contributed by atoms with Crippen LogP contribution in [0.1, 0.15) is 43.6 Å². The van der Waals surface area contributed by atoms with E-state index >= 15 is 0 Å². The highest BCUT2D eigenvalue weighted by molar-refractivity contribution is 5.89. The van der Waals surface area contributed by atoms with Crippen molar-refractivity contribution >= 4 is 28.0 Å². The lowest BCUT2D eigenvalue weighted by atomic mass is 10.0. The zero-order chi connectivity index (χ0) is 22.2. The predicted molar refractivity (Wildman–Crippen MR) is 127 cm³/mol. The molecule has 2 aliphatic rings. The van der Waals surface area contributed by atoms with Crippen LogP contribution >= 0.6 is 0 Å². The number of nitrogens with two attached hydrogens (primary N) is 1. The van der Waals surface area contributed by atoms with Gasteiger partial charge in [0.05, 0.1) is 16.7 Å². The SMILES string of the molecule is C1CCC1.Cc1nc2c(C)c(O)c(-c3ccc4nc(N5CCC(N)C5)ccc4n3)cc2o1. The maximum absolute atomic E-state index is 10.7. The Hall–Kier alpha value is -3.19. The van der Waals surface area contributed by atoms with Gasteiger partial charge in [-0.05, 0) is 43.7 Å². The Morgan fingerprint density at radius 3 is 2.41 bits per heavy atom. The van der Waals surface area contributed by atoms with Gasteiger partial charge in [-0.25, -0.2) is 15.0 Å². The number of hydrogen-bond donors (Lipinski definition) is 2. The van der Waals surface area contributed by atoms with E-state index in [-0.39, 0.29) is 11.8 Å². The predicted octanol–water partition coefficient (Wildman–Crippen LogP) is 4.86. The second-order valence-electron chi connectivity index (χ2n) is 8.79. The number of nitrogens with zero attached hydrogens (tertiary/aromatic N) is 4. The minimum atomic E-state index is 0.170. The number of aryl methyl sites for hydroxylation is 2. The zero-order valence-corrected chi connectivity index (χ0v) is 18.6. The van der Waals surface area contributed by atoms with Crippen LogP contribution in [-0.2, 0) is 0 Å². The summed E-state index contributed by atoms with van der Waals surface area (Å²) in [4.78, 5) is 16.0. The maximum Gasteiger partial charge on any atom is 0.192 e. The smallest absolute Gasteiger partial charge is 0.192 e. The third kappa shape index (κ3) is 3.88. The number of phenols is 1. The van der Waals surface area contributed by atoms with Gasteiger partial charge in [-0.2, -0.15) is 0 Å². The number of aromatic hydroxyl groups is 1. The van der Waals surface area contributed by atoms with E-state index in [0.29, 0.717) is 33.8 Å². The van der Waals surface area contributed by atoms with Crippen LogP contribution in [0.15, 0.2) is 34.7 Å². The van der Waals surface area contributed by atoms with Crippen molar-refractivity contribution in [1.82, 2.24) is 15.0 Å². The van der Waals surface area contributed by atoms with E-state index < -0.39 is 0 Å². The van der Waals surface area contributed by atoms with Crippen LogP contribution in [0.2, 0.25) is 0 Å². The molecule has 3 N–H and O–H groups in total. The van der Waals surface area contributed by atoms with Crippen LogP contribution in [-0.4, -0.2) is 39.2 Å². The fourth-order valence-corrected chi connectivity index (χ4v) is 4.09. The summed E-state index contributed by atoms with van der Waals surface area (Å²) < 4.78 is 5.66. The van der Waals surface area contributed by atoms with Gasteiger partial charge in [-0.15, -0.1) is 0 Å². The summed E-state index contributed by atoms with van der Waals surface area (Å²) in [6.45, 7) is 5.38. The van der Waals surface area contributed by atoms with E-state index in [1.807, 2.05) is 31.2 Å². The third-order valence-corrected chi connectivity index (χ3v) is 6.35. The van der Waals surface area contributed by atoms with Crippen molar-refractivity contribution in [3.8, 4) is 17.0 Å². The van der Waals surface area contributed by atoms with E-state index in [0.717, 1.165) is 36.4 Å². The van der Waals surface area contributed by atoms with Crippen LogP contribution in [0.4, 0.5) is 5.82 Å². The highest BCUT2D eigenvalue weighted by Gasteiger charge is 2.21. The number of phenolic OH excluding ortho intramolecular Hbond substituents is 1. The molecule has 1 saturated carbocycles. The second-order valence-corrected chi connectivity index (χ2v) is 8.79. The van der Waals surface area contributed by atoms with Gasteiger partial charge in [0.2, 0.25) is 0 Å². The molecule has 1 aliphatic carbocycles. The van der Waals surface area contributed by atoms with Crippen molar-refractivity contribution in [1.29, 1.82) is 0 Å². The van der Waals surface area contributed by atoms with Gasteiger partial charge in [0, 0.05) is 37.2 Å². The number of anilines is 1. The Morgan fingerprint density at radius 2 is 1.72 bits per heavy atom. The molecule has 0 amide bonds. The molecule has 1 aliphatic heterocycles. The van der Waals surface area contributed by atoms with Gasteiger partial charge in [-0.3, -0.25) is 0 Å². The van der Waals surface area contributed by atoms with Gasteiger partial charge < -0.3 is 20.2 Å². The molecule has 7 heteroatoms. The van der Waals surface area contributed by atoms with Gasteiger partial charge in [0.15, 0.2) is 11.5 Å². The van der Waals surface area contributed by atoms with Crippen molar-refractivity contribution in [3.63, 3.8) is 0 Å². The standard InChI is InChI=1S/C21H21N5O2.C4H8/c1-11-20-18(28-12(2)23-20)9-14(21(11)27)15-3-4-17-16(24-15)5-6-19(25-17)26-8-7-13(22)10-26;1-2-4-3-1/h3-6,9,13,27H,7-8,10,22H2,1-2H3;1-4H2. The number of pyridine rings is 2. The maximum atomic E-state index is 10.7. The fraction of sp³-hybridized carbons (Fsp3) is 0.400. The molecule has 32 heavy (non-hydrogen) atoms. The summed E-state index contributed by atoms with van der Waals surface area (Å²) in [6.07, 6.45) is 6.99. The Kier molecular flexibility index (Phi) is 5.43. The number of hydrogen-bond acceptors (Lipinski definition) is 7. The highest BCUT2D eigenvalue weighted by atomic mass is 16.3. The highest BCUT2D eigenvalue weighted by Crippen LogP contribution is 2.37. The lowest BCUT2D eigenvalue weighted by Gasteiger charge is -2.17. The van der Waals surface area contributed by atoms with E-state index in [1.165, 1.54) is 25.7 Å². The molecule has 4 heterocycles. The normalized spacial score (nSPS) is 18.0. The van der Waals surface area contributed by atoms with Crippen molar-refractivity contribution in [3.05, 3.63) is 41.8 Å². The van der Waals surface area contributed by atoms with Crippen LogP contribution in [0.25, 0.3) is 33.4 Å². The molecule has 166 valence electrons. The first-order valence-corrected chi connectivity index (χ1v) is 11.4. The van der Waals surface area contributed by atoms with Crippen LogP contribution in [0.3, 0.4) is 0 Å². The Labute approximate surface area is 187 Å². The molecule has 6 rings (SSSR count). The molecule has 2 fully saturated rings. The second kappa shape index (κ2) is 8.39. The summed E-state index contributed by atoms with van der Waals surface area (Å²) in [5.41, 5.74) is 10.9. The molecule has 1 aromatic carbocycles. The topological polar surface area (TPSA) is 101 Å². The molecule has 0 bridgehead atoms. The minimum absolute atomic E-state index is 0.170. The van der Waals surface area contributed by atoms with Gasteiger partial charge in [0.1, 0.15) is 17.1 Å². The summed E-state index contributed by atoms with van der Waals surface area (Å²) >= 11 is 0. The fourth-order valence-electron chi connectivity index (χ4n) is 4.09. The first kappa shape index (κ1) is 20.7. The van der Waals surface area contributed by atoms with E-state index in [9.17, 15) is 5.11 Å². The number of aromatic nitrogens is 3. The van der Waals surface area contributed by atoms with Gasteiger partial charge >= 0.3 is 0 Å². The molecule has 0 spiro atoms. The lowest BCUT2D eigenvalue weighted by Crippen LogP contribution is -2.26. The minimum Gasteiger partial charge on any atom is -0.507 e. The molecule has 4 aromatic rings. The summed E-state index contributed by atoms with van der Waals surface area (Å²) in [5.74, 6) is 1.66. The Bertz CT molecular complexity index is 1270. The summed E-state index contributed by atoms with van der Waals surface area (Å²) in [6, 6.07) is 9.75. The molecule has 1 saturated heterocycles. The van der Waals surface area contributed by atoms with Gasteiger partial charge in [0.25, 0.3) is 0 Å². The molecular formula is C25H29N5O2. The quantitative estimate of drug-likeness (QED) is 0.467. The first-order valence-electron chi connectivity index (χ1n) is 11.4. The molecule has 1 unspecified atom stereocenters. The van der Waals surface area contributed by atoms with E-state index in [4.69, 9.17) is 20.1 Å². The number of benzene rings is 1. The summed E-state index contributed by atoms with van der Waals surface area (Å²) in [7, 11) is 0. The van der Waals surface area contributed by atoms with E-state index in [1.54, 1.807) is 13.0 Å². The van der Waals surface area contributed by atoms with E-state index in [2.05, 4.69) is 9.88 Å². The van der Waals surface area contributed by atoms with Crippen LogP contribution < -0.4 is 10.6 Å². The van der Waals surface area contributed by atoms with Gasteiger partial charge in [-0.1, -0.05) is 25.7 Å². The van der Waals surface area contributed by atoms with Crippen molar-refractivity contribution < 1.29 is 9.52 Å². The Balaban J connectivity index is 0.000000489. The average molecular weight is 432 g/mol.